The van der Waals surface area contributed by atoms with Crippen molar-refractivity contribution in [3.8, 4) is 0 Å². The highest BCUT2D eigenvalue weighted by Gasteiger charge is 2.42. The number of hydrogen-bond acceptors (Lipinski definition) is 5. The van der Waals surface area contributed by atoms with Crippen molar-refractivity contribution in [2.75, 3.05) is 20.3 Å². The first kappa shape index (κ1) is 17.7. The lowest BCUT2D eigenvalue weighted by Crippen LogP contribution is -2.43. The molecule has 1 unspecified atom stereocenters. The smallest absolute Gasteiger partial charge is 0.411 e. The van der Waals surface area contributed by atoms with E-state index in [0.29, 0.717) is 6.42 Å². The highest BCUT2D eigenvalue weighted by Crippen LogP contribution is 2.27. The zero-order chi connectivity index (χ0) is 16.2. The fraction of sp³-hybridized carbons (Fsp3) is 0.857. The van der Waals surface area contributed by atoms with Crippen LogP contribution in [0.1, 0.15) is 34.1 Å². The maximum atomic E-state index is 12.7. The van der Waals surface area contributed by atoms with Crippen LogP contribution in [0.3, 0.4) is 0 Å². The molecule has 0 aromatic rings. The lowest BCUT2D eigenvalue weighted by Gasteiger charge is -2.27. The molecule has 1 aliphatic heterocycles. The summed E-state index contributed by atoms with van der Waals surface area (Å²) in [7, 11) is 1.27. The van der Waals surface area contributed by atoms with Gasteiger partial charge < -0.3 is 14.2 Å². The molecule has 1 heterocycles. The van der Waals surface area contributed by atoms with Crippen LogP contribution >= 0.6 is 0 Å². The fourth-order valence-electron chi connectivity index (χ4n) is 2.19. The summed E-state index contributed by atoms with van der Waals surface area (Å²) in [5, 5.41) is 0. The first-order valence-electron chi connectivity index (χ1n) is 6.97. The third-order valence-electron chi connectivity index (χ3n) is 3.05. The average Bonchev–Trinajstić information content (AvgIpc) is 2.77. The third-order valence-corrected chi connectivity index (χ3v) is 3.05. The zero-order valence-electron chi connectivity index (χ0n) is 13.2. The molecule has 1 aliphatic rings. The number of carbonyl (C=O) groups is 2. The maximum absolute atomic E-state index is 12.7. The highest BCUT2D eigenvalue weighted by atomic mass is 19.1. The van der Waals surface area contributed by atoms with Crippen LogP contribution in [0.2, 0.25) is 0 Å². The minimum atomic E-state index is -1.38. The molecule has 3 atom stereocenters. The minimum absolute atomic E-state index is 0.125. The predicted molar refractivity (Wildman–Crippen MR) is 73.4 cm³/mol. The Morgan fingerprint density at radius 2 is 2.00 bits per heavy atom. The summed E-state index contributed by atoms with van der Waals surface area (Å²) in [4.78, 5) is 25.3. The molecule has 1 saturated heterocycles. The summed E-state index contributed by atoms with van der Waals surface area (Å²) in [6.45, 7) is 6.96. The summed E-state index contributed by atoms with van der Waals surface area (Å²) in [5.74, 6) is -0.628. The Balaban J connectivity index is 2.73. The molecular weight excluding hydrogens is 281 g/mol. The summed E-state index contributed by atoms with van der Waals surface area (Å²) >= 11 is 0. The maximum Gasteiger partial charge on any atom is 0.411 e. The van der Waals surface area contributed by atoms with Gasteiger partial charge in [0, 0.05) is 12.5 Å². The van der Waals surface area contributed by atoms with E-state index >= 15 is 0 Å². The Kier molecular flexibility index (Phi) is 5.95. The van der Waals surface area contributed by atoms with Crippen LogP contribution in [-0.4, -0.2) is 55.2 Å². The van der Waals surface area contributed by atoms with Gasteiger partial charge >= 0.3 is 12.1 Å². The van der Waals surface area contributed by atoms with Gasteiger partial charge in [0.25, 0.3) is 0 Å². The lowest BCUT2D eigenvalue weighted by atomic mass is 10.1. The molecule has 0 N–H and O–H groups in total. The van der Waals surface area contributed by atoms with Gasteiger partial charge in [-0.05, 0) is 34.1 Å². The van der Waals surface area contributed by atoms with Gasteiger partial charge in [-0.1, -0.05) is 0 Å². The molecule has 1 rings (SSSR count). The summed E-state index contributed by atoms with van der Waals surface area (Å²) in [6, 6.07) is -0.714. The Hall–Kier alpha value is -1.37. The SMILES string of the molecule is COC(=O)[C@@H]1C[C@H](COC(C)F)CN1C(=O)OC(C)(C)C. The summed E-state index contributed by atoms with van der Waals surface area (Å²) < 4.78 is 27.7. The Bertz CT molecular complexity index is 380. The second kappa shape index (κ2) is 7.06. The largest absolute Gasteiger partial charge is 0.467 e. The molecule has 21 heavy (non-hydrogen) atoms. The molecule has 122 valence electrons. The van der Waals surface area contributed by atoms with Gasteiger partial charge in [0.15, 0.2) is 6.36 Å². The van der Waals surface area contributed by atoms with E-state index in [-0.39, 0.29) is 19.1 Å². The molecule has 6 nitrogen and oxygen atoms in total. The van der Waals surface area contributed by atoms with Crippen molar-refractivity contribution in [3.63, 3.8) is 0 Å². The molecule has 0 bridgehead atoms. The van der Waals surface area contributed by atoms with Crippen molar-refractivity contribution in [1.82, 2.24) is 4.90 Å². The fourth-order valence-corrected chi connectivity index (χ4v) is 2.19. The first-order chi connectivity index (χ1) is 9.64. The van der Waals surface area contributed by atoms with Crippen molar-refractivity contribution in [3.05, 3.63) is 0 Å². The number of carbonyl (C=O) groups excluding carboxylic acids is 2. The number of halogens is 1. The first-order valence-corrected chi connectivity index (χ1v) is 6.97. The molecule has 0 spiro atoms. The number of amides is 1. The number of ether oxygens (including phenoxy) is 3. The van der Waals surface area contributed by atoms with Crippen molar-refractivity contribution < 1.29 is 28.2 Å². The van der Waals surface area contributed by atoms with Crippen LogP contribution < -0.4 is 0 Å². The quantitative estimate of drug-likeness (QED) is 0.744. The van der Waals surface area contributed by atoms with Crippen molar-refractivity contribution >= 4 is 12.1 Å². The van der Waals surface area contributed by atoms with Crippen LogP contribution in [0.5, 0.6) is 0 Å². The molecule has 0 aromatic heterocycles. The number of rotatable bonds is 4. The van der Waals surface area contributed by atoms with Gasteiger partial charge in [0.05, 0.1) is 13.7 Å². The molecule has 1 fully saturated rings. The predicted octanol–water partition coefficient (Wildman–Crippen LogP) is 2.12. The Labute approximate surface area is 124 Å². The topological polar surface area (TPSA) is 65.1 Å². The molecular formula is C14H24FNO5. The normalized spacial score (nSPS) is 23.8. The monoisotopic (exact) mass is 305 g/mol. The van der Waals surface area contributed by atoms with Gasteiger partial charge in [-0.15, -0.1) is 0 Å². The molecule has 0 saturated carbocycles. The van der Waals surface area contributed by atoms with Crippen LogP contribution in [0.15, 0.2) is 0 Å². The average molecular weight is 305 g/mol. The molecule has 1 amide bonds. The van der Waals surface area contributed by atoms with E-state index in [0.717, 1.165) is 0 Å². The summed E-state index contributed by atoms with van der Waals surface area (Å²) in [6.07, 6.45) is -1.58. The number of hydrogen-bond donors (Lipinski definition) is 0. The van der Waals surface area contributed by atoms with Crippen molar-refractivity contribution in [2.24, 2.45) is 5.92 Å². The minimum Gasteiger partial charge on any atom is -0.467 e. The number of likely N-dealkylation sites (tertiary alicyclic amines) is 1. The van der Waals surface area contributed by atoms with Crippen LogP contribution in [0.4, 0.5) is 9.18 Å². The van der Waals surface area contributed by atoms with Crippen LogP contribution in [0.25, 0.3) is 0 Å². The third kappa shape index (κ3) is 5.49. The Morgan fingerprint density at radius 1 is 1.38 bits per heavy atom. The van der Waals surface area contributed by atoms with E-state index in [1.54, 1.807) is 20.8 Å². The number of nitrogens with zero attached hydrogens (tertiary/aromatic N) is 1. The van der Waals surface area contributed by atoms with E-state index in [9.17, 15) is 14.0 Å². The second-order valence-corrected chi connectivity index (χ2v) is 6.15. The number of alkyl halides is 1. The van der Waals surface area contributed by atoms with E-state index in [2.05, 4.69) is 0 Å². The van der Waals surface area contributed by atoms with E-state index < -0.39 is 30.1 Å². The van der Waals surface area contributed by atoms with E-state index in [1.165, 1.54) is 18.9 Å². The molecule has 0 aliphatic carbocycles. The standard InChI is InChI=1S/C14H24FNO5/c1-9(15)20-8-10-6-11(12(17)19-5)16(7-10)13(18)21-14(2,3)4/h9-11H,6-8H2,1-5H3/t9?,10-,11-/m0/s1. The van der Waals surface area contributed by atoms with E-state index in [1.807, 2.05) is 0 Å². The molecule has 7 heteroatoms. The summed E-state index contributed by atoms with van der Waals surface area (Å²) in [5.41, 5.74) is -0.653. The van der Waals surface area contributed by atoms with Gasteiger partial charge in [-0.2, -0.15) is 0 Å². The zero-order valence-corrected chi connectivity index (χ0v) is 13.2. The molecule has 0 aromatic carbocycles. The van der Waals surface area contributed by atoms with Crippen LogP contribution in [-0.2, 0) is 19.0 Å². The number of methoxy groups -OCH3 is 1. The van der Waals surface area contributed by atoms with Gasteiger partial charge in [0.2, 0.25) is 0 Å². The van der Waals surface area contributed by atoms with Crippen LogP contribution in [0, 0.1) is 5.92 Å². The lowest BCUT2D eigenvalue weighted by molar-refractivity contribution is -0.145. The second-order valence-electron chi connectivity index (χ2n) is 6.15. The van der Waals surface area contributed by atoms with Gasteiger partial charge in [0.1, 0.15) is 11.6 Å². The van der Waals surface area contributed by atoms with Crippen molar-refractivity contribution in [2.45, 2.75) is 52.1 Å². The van der Waals surface area contributed by atoms with E-state index in [4.69, 9.17) is 14.2 Å². The van der Waals surface area contributed by atoms with Gasteiger partial charge in [-0.3, -0.25) is 4.90 Å². The highest BCUT2D eigenvalue weighted by molar-refractivity contribution is 5.82. The Morgan fingerprint density at radius 3 is 2.48 bits per heavy atom. The molecule has 0 radical (unpaired) electrons. The van der Waals surface area contributed by atoms with Crippen molar-refractivity contribution in [1.29, 1.82) is 0 Å². The number of esters is 1. The van der Waals surface area contributed by atoms with Gasteiger partial charge in [-0.25, -0.2) is 14.0 Å².